The van der Waals surface area contributed by atoms with Gasteiger partial charge in [0.1, 0.15) is 17.4 Å². The minimum Gasteiger partial charge on any atom is -0.350 e. The maximum absolute atomic E-state index is 13.4. The van der Waals surface area contributed by atoms with Crippen LogP contribution in [0.1, 0.15) is 5.56 Å². The molecule has 4 aromatic rings. The van der Waals surface area contributed by atoms with Gasteiger partial charge in [-0.2, -0.15) is 9.61 Å². The van der Waals surface area contributed by atoms with E-state index in [9.17, 15) is 14.0 Å². The minimum absolute atomic E-state index is 0.234. The van der Waals surface area contributed by atoms with Gasteiger partial charge in [-0.3, -0.25) is 4.79 Å². The number of carbonyl (C=O) groups is 1. The summed E-state index contributed by atoms with van der Waals surface area (Å²) in [5.74, 6) is -0.708. The average Bonchev–Trinajstić information content (AvgIpc) is 3.03. The lowest BCUT2D eigenvalue weighted by atomic mass is 10.2. The molecule has 0 saturated carbocycles. The molecule has 0 aliphatic heterocycles. The van der Waals surface area contributed by atoms with Crippen molar-refractivity contribution < 1.29 is 9.18 Å². The molecule has 152 valence electrons. The fourth-order valence-corrected chi connectivity index (χ4v) is 3.64. The van der Waals surface area contributed by atoms with E-state index in [0.717, 1.165) is 14.8 Å². The Balaban J connectivity index is 1.46. The zero-order valence-electron chi connectivity index (χ0n) is 15.5. The lowest BCUT2D eigenvalue weighted by Crippen LogP contribution is -2.32. The summed E-state index contributed by atoms with van der Waals surface area (Å²) in [5.41, 5.74) is 0.665. The highest BCUT2D eigenvalue weighted by Gasteiger charge is 2.13. The molecule has 10 heteroatoms. The predicted molar refractivity (Wildman–Crippen MR) is 111 cm³/mol. The molecule has 2 heterocycles. The predicted octanol–water partition coefficient (Wildman–Crippen LogP) is 3.15. The molecule has 30 heavy (non-hydrogen) atoms. The van der Waals surface area contributed by atoms with Crippen LogP contribution >= 0.6 is 23.4 Å². The monoisotopic (exact) mass is 443 g/mol. The molecule has 0 aliphatic rings. The van der Waals surface area contributed by atoms with Crippen LogP contribution in [0, 0.1) is 5.82 Å². The molecule has 1 amide bonds. The van der Waals surface area contributed by atoms with Crippen LogP contribution in [-0.4, -0.2) is 25.3 Å². The first-order chi connectivity index (χ1) is 14.5. The maximum atomic E-state index is 13.4. The van der Waals surface area contributed by atoms with Gasteiger partial charge in [-0.1, -0.05) is 41.6 Å². The van der Waals surface area contributed by atoms with Gasteiger partial charge < -0.3 is 5.32 Å². The zero-order valence-corrected chi connectivity index (χ0v) is 17.0. The van der Waals surface area contributed by atoms with Crippen molar-refractivity contribution in [1.29, 1.82) is 0 Å². The number of hydrogen-bond acceptors (Lipinski definition) is 5. The number of amides is 1. The third-order valence-corrected chi connectivity index (χ3v) is 5.30. The van der Waals surface area contributed by atoms with E-state index in [0.29, 0.717) is 27.1 Å². The molecule has 0 saturated heterocycles. The molecule has 0 unspecified atom stereocenters. The van der Waals surface area contributed by atoms with Crippen molar-refractivity contribution >= 4 is 34.9 Å². The molecule has 2 aromatic heterocycles. The van der Waals surface area contributed by atoms with E-state index in [1.807, 2.05) is 0 Å². The lowest BCUT2D eigenvalue weighted by molar-refractivity contribution is -0.122. The molecule has 0 spiro atoms. The molecular weight excluding hydrogens is 429 g/mol. The molecule has 0 atom stereocenters. The summed E-state index contributed by atoms with van der Waals surface area (Å²) in [6.07, 6.45) is 0. The van der Waals surface area contributed by atoms with E-state index in [1.54, 1.807) is 48.5 Å². The van der Waals surface area contributed by atoms with E-state index in [-0.39, 0.29) is 18.3 Å². The number of benzene rings is 2. The highest BCUT2D eigenvalue weighted by Crippen LogP contribution is 2.26. The summed E-state index contributed by atoms with van der Waals surface area (Å²) in [6, 6.07) is 16.5. The number of aromatic nitrogens is 4. The van der Waals surface area contributed by atoms with Gasteiger partial charge in [0.2, 0.25) is 5.91 Å². The Labute approximate surface area is 179 Å². The lowest BCUT2D eigenvalue weighted by Gasteiger charge is -2.05. The first kappa shape index (κ1) is 20.1. The molecule has 7 nitrogen and oxygen atoms in total. The van der Waals surface area contributed by atoms with Gasteiger partial charge in [-0.05, 0) is 48.0 Å². The molecule has 2 aromatic carbocycles. The Bertz CT molecular complexity index is 1270. The van der Waals surface area contributed by atoms with Crippen LogP contribution in [0.5, 0.6) is 0 Å². The second-order valence-corrected chi connectivity index (χ2v) is 7.87. The van der Waals surface area contributed by atoms with E-state index in [1.165, 1.54) is 23.9 Å². The summed E-state index contributed by atoms with van der Waals surface area (Å²) in [7, 11) is 0. The first-order valence-electron chi connectivity index (χ1n) is 8.89. The second-order valence-electron chi connectivity index (χ2n) is 6.34. The summed E-state index contributed by atoms with van der Waals surface area (Å²) in [5, 5.41) is 12.2. The van der Waals surface area contributed by atoms with E-state index < -0.39 is 5.69 Å². The second kappa shape index (κ2) is 8.68. The van der Waals surface area contributed by atoms with Gasteiger partial charge in [0.15, 0.2) is 5.65 Å². The number of rotatable bonds is 6. The van der Waals surface area contributed by atoms with Crippen molar-refractivity contribution in [2.45, 2.75) is 23.0 Å². The normalized spacial score (nSPS) is 11.0. The Morgan fingerprint density at radius 1 is 1.10 bits per heavy atom. The Morgan fingerprint density at radius 3 is 2.67 bits per heavy atom. The summed E-state index contributed by atoms with van der Waals surface area (Å²) >= 11 is 7.06. The molecule has 0 fully saturated rings. The van der Waals surface area contributed by atoms with Gasteiger partial charge in [0.05, 0.1) is 0 Å². The minimum atomic E-state index is -0.534. The molecule has 4 rings (SSSR count). The number of hydrogen-bond donors (Lipinski definition) is 1. The van der Waals surface area contributed by atoms with Crippen LogP contribution in [0.3, 0.4) is 0 Å². The van der Waals surface area contributed by atoms with Crippen LogP contribution in [0.2, 0.25) is 5.02 Å². The van der Waals surface area contributed by atoms with Crippen LogP contribution in [0.4, 0.5) is 4.39 Å². The molecule has 0 bridgehead atoms. The first-order valence-corrected chi connectivity index (χ1v) is 10.1. The van der Waals surface area contributed by atoms with Crippen LogP contribution in [0.15, 0.2) is 75.4 Å². The fourth-order valence-electron chi connectivity index (χ4n) is 2.70. The van der Waals surface area contributed by atoms with Crippen molar-refractivity contribution in [3.8, 4) is 0 Å². The van der Waals surface area contributed by atoms with Gasteiger partial charge in [0.25, 0.3) is 0 Å². The van der Waals surface area contributed by atoms with Crippen molar-refractivity contribution in [3.63, 3.8) is 0 Å². The molecule has 0 aliphatic carbocycles. The van der Waals surface area contributed by atoms with Gasteiger partial charge >= 0.3 is 5.69 Å². The van der Waals surface area contributed by atoms with E-state index >= 15 is 0 Å². The zero-order chi connectivity index (χ0) is 21.1. The van der Waals surface area contributed by atoms with Crippen LogP contribution < -0.4 is 11.0 Å². The topological polar surface area (TPSA) is 81.3 Å². The van der Waals surface area contributed by atoms with Gasteiger partial charge in [0, 0.05) is 16.5 Å². The number of fused-ring (bicyclic) bond motifs is 1. The average molecular weight is 444 g/mol. The van der Waals surface area contributed by atoms with Crippen LogP contribution in [0.25, 0.3) is 5.65 Å². The van der Waals surface area contributed by atoms with E-state index in [4.69, 9.17) is 11.6 Å². The van der Waals surface area contributed by atoms with Crippen molar-refractivity contribution in [1.82, 2.24) is 24.7 Å². The quantitative estimate of drug-likeness (QED) is 0.495. The Kier molecular flexibility index (Phi) is 5.82. The third kappa shape index (κ3) is 4.69. The number of halogens is 2. The fraction of sp³-hybridized carbons (Fsp3) is 0.100. The molecular formula is C20H15ClFN5O2S. The van der Waals surface area contributed by atoms with Gasteiger partial charge in [-0.15, -0.1) is 5.10 Å². The van der Waals surface area contributed by atoms with Crippen LogP contribution in [-0.2, 0) is 17.9 Å². The van der Waals surface area contributed by atoms with Crippen molar-refractivity contribution in [2.24, 2.45) is 0 Å². The van der Waals surface area contributed by atoms with E-state index in [2.05, 4.69) is 15.5 Å². The SMILES string of the molecule is O=C(Cn1nc2ccc(Sc3cccc(F)c3)nn2c1=O)NCc1ccc(Cl)cc1. The smallest absolute Gasteiger partial charge is 0.350 e. The van der Waals surface area contributed by atoms with Crippen molar-refractivity contribution in [3.05, 3.63) is 87.6 Å². The number of nitrogens with one attached hydrogen (secondary N) is 1. The third-order valence-electron chi connectivity index (χ3n) is 4.13. The maximum Gasteiger partial charge on any atom is 0.367 e. The largest absolute Gasteiger partial charge is 0.367 e. The summed E-state index contributed by atoms with van der Waals surface area (Å²) < 4.78 is 15.5. The number of carbonyl (C=O) groups excluding carboxylic acids is 1. The van der Waals surface area contributed by atoms with Gasteiger partial charge in [-0.25, -0.2) is 13.9 Å². The molecule has 0 radical (unpaired) electrons. The van der Waals surface area contributed by atoms with Crippen molar-refractivity contribution in [2.75, 3.05) is 0 Å². The summed E-state index contributed by atoms with van der Waals surface area (Å²) in [6.45, 7) is 0.0763. The Hall–Kier alpha value is -3.17. The highest BCUT2D eigenvalue weighted by molar-refractivity contribution is 7.99. The standard InChI is InChI=1S/C20H15ClFN5O2S/c21-14-6-4-13(5-7-14)11-23-18(28)12-26-20(29)27-17(24-26)8-9-19(25-27)30-16-3-1-2-15(22)10-16/h1-10H,11-12H2,(H,23,28). The summed E-state index contributed by atoms with van der Waals surface area (Å²) in [4.78, 5) is 25.4. The Morgan fingerprint density at radius 2 is 1.90 bits per heavy atom. The highest BCUT2D eigenvalue weighted by atomic mass is 35.5. The number of nitrogens with zero attached hydrogens (tertiary/aromatic N) is 4. The molecule has 1 N–H and O–H groups in total.